The molecule has 0 unspecified atom stereocenters. The number of hydrogen-bond donors (Lipinski definition) is 2. The van der Waals surface area contributed by atoms with E-state index in [9.17, 15) is 4.79 Å². The molecule has 0 saturated carbocycles. The molecule has 1 saturated heterocycles. The zero-order valence-electron chi connectivity index (χ0n) is 17.5. The van der Waals surface area contributed by atoms with Crippen molar-refractivity contribution in [3.8, 4) is 11.8 Å². The molecule has 32 heavy (non-hydrogen) atoms. The van der Waals surface area contributed by atoms with Gasteiger partial charge in [-0.2, -0.15) is 11.3 Å². The van der Waals surface area contributed by atoms with Gasteiger partial charge in [-0.1, -0.05) is 17.9 Å². The quantitative estimate of drug-likeness (QED) is 0.472. The molecule has 1 aliphatic rings. The molecular weight excluding hydrogens is 422 g/mol. The molecule has 4 heterocycles. The van der Waals surface area contributed by atoms with Crippen molar-refractivity contribution in [1.29, 1.82) is 0 Å². The largest absolute Gasteiger partial charge is 0.383 e. The lowest BCUT2D eigenvalue weighted by Gasteiger charge is -2.27. The first kappa shape index (κ1) is 20.2. The number of aromatic nitrogens is 3. The molecule has 3 N–H and O–H groups in total. The van der Waals surface area contributed by atoms with Crippen LogP contribution in [0.4, 0.5) is 5.82 Å². The Bertz CT molecular complexity index is 1360. The summed E-state index contributed by atoms with van der Waals surface area (Å²) in [7, 11) is 0. The van der Waals surface area contributed by atoms with E-state index in [1.54, 1.807) is 11.3 Å². The Morgan fingerprint density at radius 2 is 2.12 bits per heavy atom. The zero-order valence-corrected chi connectivity index (χ0v) is 18.3. The Labute approximate surface area is 189 Å². The summed E-state index contributed by atoms with van der Waals surface area (Å²) in [5.74, 6) is 6.72. The molecular formula is C24H21N5O2S. The normalized spacial score (nSPS) is 13.4. The highest BCUT2D eigenvalue weighted by molar-refractivity contribution is 7.07. The van der Waals surface area contributed by atoms with Gasteiger partial charge < -0.3 is 20.4 Å². The molecule has 8 heteroatoms. The van der Waals surface area contributed by atoms with Crippen LogP contribution in [0, 0.1) is 18.8 Å². The summed E-state index contributed by atoms with van der Waals surface area (Å²) in [5, 5.41) is 7.71. The number of amides is 1. The van der Waals surface area contributed by atoms with Crippen molar-refractivity contribution in [3.63, 3.8) is 0 Å². The van der Waals surface area contributed by atoms with E-state index in [4.69, 9.17) is 10.5 Å². The van der Waals surface area contributed by atoms with Crippen LogP contribution in [-0.2, 0) is 11.3 Å². The molecule has 0 radical (unpaired) electrons. The molecule has 7 nitrogen and oxygen atoms in total. The molecule has 1 amide bonds. The predicted molar refractivity (Wildman–Crippen MR) is 124 cm³/mol. The summed E-state index contributed by atoms with van der Waals surface area (Å²) in [6, 6.07) is 7.77. The van der Waals surface area contributed by atoms with Gasteiger partial charge in [0.25, 0.3) is 5.91 Å². The number of aryl methyl sites for hydroxylation is 1. The van der Waals surface area contributed by atoms with Crippen LogP contribution in [0.5, 0.6) is 0 Å². The Kier molecular flexibility index (Phi) is 5.35. The van der Waals surface area contributed by atoms with Crippen molar-refractivity contribution < 1.29 is 9.53 Å². The Morgan fingerprint density at radius 1 is 1.28 bits per heavy atom. The molecule has 4 aromatic rings. The first-order valence-electron chi connectivity index (χ1n) is 10.2. The minimum atomic E-state index is -0.126. The fourth-order valence-electron chi connectivity index (χ4n) is 3.58. The number of nitrogens with zero attached hydrogens (tertiary/aromatic N) is 3. The third kappa shape index (κ3) is 3.84. The van der Waals surface area contributed by atoms with Gasteiger partial charge >= 0.3 is 0 Å². The molecule has 0 spiro atoms. The average Bonchev–Trinajstić information content (AvgIpc) is 3.39. The second-order valence-corrected chi connectivity index (χ2v) is 8.47. The number of carbonyl (C=O) groups excluding carboxylic acids is 1. The van der Waals surface area contributed by atoms with Crippen LogP contribution in [-0.4, -0.2) is 33.7 Å². The third-order valence-electron chi connectivity index (χ3n) is 5.52. The van der Waals surface area contributed by atoms with Crippen LogP contribution in [0.2, 0.25) is 0 Å². The predicted octanol–water partition coefficient (Wildman–Crippen LogP) is 3.28. The van der Waals surface area contributed by atoms with E-state index >= 15 is 0 Å². The summed E-state index contributed by atoms with van der Waals surface area (Å²) < 4.78 is 7.39. The molecule has 1 aromatic carbocycles. The van der Waals surface area contributed by atoms with Crippen molar-refractivity contribution >= 4 is 34.1 Å². The number of fused-ring (bicyclic) bond motifs is 1. The van der Waals surface area contributed by atoms with Gasteiger partial charge in [0.2, 0.25) is 0 Å². The lowest BCUT2D eigenvalue weighted by atomic mass is 10.0. The molecule has 0 bridgehead atoms. The summed E-state index contributed by atoms with van der Waals surface area (Å²) in [5.41, 5.74) is 11.1. The number of rotatable bonds is 4. The molecule has 0 atom stereocenters. The number of thiophene rings is 1. The summed E-state index contributed by atoms with van der Waals surface area (Å²) in [6.07, 6.45) is 3.43. The second kappa shape index (κ2) is 8.46. The Hall–Kier alpha value is -3.67. The number of hydrogen-bond acceptors (Lipinski definition) is 6. The van der Waals surface area contributed by atoms with Crippen molar-refractivity contribution in [3.05, 3.63) is 75.4 Å². The maximum atomic E-state index is 12.6. The van der Waals surface area contributed by atoms with Crippen molar-refractivity contribution in [2.24, 2.45) is 0 Å². The van der Waals surface area contributed by atoms with Crippen LogP contribution < -0.4 is 11.1 Å². The summed E-state index contributed by atoms with van der Waals surface area (Å²) >= 11 is 1.61. The maximum Gasteiger partial charge on any atom is 0.251 e. The standard InChI is InChI=1S/C24H21N5O2S/c1-15-2-3-18(24(30)26-9-16-6-7-32-13-16)8-17(15)4-5-19-10-29(20-11-31-12-20)23-21(19)22(25)27-14-28-23/h2-3,6-8,10,13-14,20H,9,11-12H2,1H3,(H,26,30)(H2,25,27,28). The van der Waals surface area contributed by atoms with Crippen molar-refractivity contribution in [2.45, 2.75) is 19.5 Å². The molecule has 1 aliphatic heterocycles. The molecule has 1 fully saturated rings. The van der Waals surface area contributed by atoms with Gasteiger partial charge in [0.05, 0.1) is 30.2 Å². The number of ether oxygens (including phenoxy) is 1. The minimum absolute atomic E-state index is 0.126. The van der Waals surface area contributed by atoms with E-state index in [0.717, 1.165) is 33.3 Å². The SMILES string of the molecule is Cc1ccc(C(=O)NCc2ccsc2)cc1C#Cc1cn(C2COC2)c2ncnc(N)c12. The maximum absolute atomic E-state index is 12.6. The van der Waals surface area contributed by atoms with Gasteiger partial charge in [0.15, 0.2) is 0 Å². The number of carbonyl (C=O) groups is 1. The third-order valence-corrected chi connectivity index (χ3v) is 6.25. The number of nitrogens with one attached hydrogen (secondary N) is 1. The number of benzene rings is 1. The van der Waals surface area contributed by atoms with Gasteiger partial charge in [-0.25, -0.2) is 9.97 Å². The average molecular weight is 444 g/mol. The fourth-order valence-corrected chi connectivity index (χ4v) is 4.24. The van der Waals surface area contributed by atoms with Crippen LogP contribution in [0.1, 0.15) is 38.7 Å². The van der Waals surface area contributed by atoms with Gasteiger partial charge in [0.1, 0.15) is 17.8 Å². The topological polar surface area (TPSA) is 95.1 Å². The van der Waals surface area contributed by atoms with E-state index in [2.05, 4.69) is 31.7 Å². The zero-order chi connectivity index (χ0) is 22.1. The smallest absolute Gasteiger partial charge is 0.251 e. The molecule has 160 valence electrons. The highest BCUT2D eigenvalue weighted by Gasteiger charge is 2.24. The van der Waals surface area contributed by atoms with Gasteiger partial charge in [0, 0.05) is 23.9 Å². The van der Waals surface area contributed by atoms with E-state index in [-0.39, 0.29) is 11.9 Å². The van der Waals surface area contributed by atoms with Crippen molar-refractivity contribution in [1.82, 2.24) is 19.9 Å². The number of anilines is 1. The number of nitrogen functional groups attached to an aromatic ring is 1. The van der Waals surface area contributed by atoms with E-state index < -0.39 is 0 Å². The van der Waals surface area contributed by atoms with Gasteiger partial charge in [-0.3, -0.25) is 4.79 Å². The molecule has 3 aromatic heterocycles. The van der Waals surface area contributed by atoms with Crippen LogP contribution in [0.25, 0.3) is 11.0 Å². The van der Waals surface area contributed by atoms with E-state index in [1.807, 2.05) is 48.1 Å². The van der Waals surface area contributed by atoms with E-state index in [1.165, 1.54) is 6.33 Å². The second-order valence-electron chi connectivity index (χ2n) is 7.69. The van der Waals surface area contributed by atoms with Crippen molar-refractivity contribution in [2.75, 3.05) is 18.9 Å². The monoisotopic (exact) mass is 443 g/mol. The van der Waals surface area contributed by atoms with Gasteiger partial charge in [-0.15, -0.1) is 0 Å². The highest BCUT2D eigenvalue weighted by atomic mass is 32.1. The molecule has 5 rings (SSSR count). The lowest BCUT2D eigenvalue weighted by molar-refractivity contribution is -0.0216. The Balaban J connectivity index is 1.45. The minimum Gasteiger partial charge on any atom is -0.383 e. The highest BCUT2D eigenvalue weighted by Crippen LogP contribution is 2.29. The lowest BCUT2D eigenvalue weighted by Crippen LogP contribution is -2.30. The Morgan fingerprint density at radius 3 is 2.88 bits per heavy atom. The first-order chi connectivity index (χ1) is 15.6. The van der Waals surface area contributed by atoms with Crippen LogP contribution in [0.3, 0.4) is 0 Å². The number of nitrogens with two attached hydrogens (primary N) is 1. The van der Waals surface area contributed by atoms with Crippen LogP contribution >= 0.6 is 11.3 Å². The van der Waals surface area contributed by atoms with Gasteiger partial charge in [-0.05, 0) is 47.0 Å². The first-order valence-corrected chi connectivity index (χ1v) is 11.1. The summed E-state index contributed by atoms with van der Waals surface area (Å²) in [4.78, 5) is 21.2. The molecule has 0 aliphatic carbocycles. The summed E-state index contributed by atoms with van der Waals surface area (Å²) in [6.45, 7) is 3.76. The van der Waals surface area contributed by atoms with E-state index in [0.29, 0.717) is 31.1 Å². The van der Waals surface area contributed by atoms with Crippen LogP contribution in [0.15, 0.2) is 47.5 Å². The fraction of sp³-hybridized carbons (Fsp3) is 0.208.